The Morgan fingerprint density at radius 2 is 1.95 bits per heavy atom. The normalized spacial score (nSPS) is 11.9. The highest BCUT2D eigenvalue weighted by molar-refractivity contribution is 5.98. The molecule has 0 radical (unpaired) electrons. The van der Waals surface area contributed by atoms with Crippen LogP contribution >= 0.6 is 0 Å². The van der Waals surface area contributed by atoms with Crippen LogP contribution in [0.3, 0.4) is 0 Å². The molecule has 0 aliphatic rings. The number of nitrogens with zero attached hydrogens (tertiary/aromatic N) is 2. The maximum absolute atomic E-state index is 11.6. The maximum atomic E-state index is 11.6. The number of methoxy groups -OCH3 is 1. The van der Waals surface area contributed by atoms with Crippen molar-refractivity contribution in [1.82, 2.24) is 0 Å². The van der Waals surface area contributed by atoms with Crippen LogP contribution in [0, 0.1) is 22.7 Å². The summed E-state index contributed by atoms with van der Waals surface area (Å²) >= 11 is 0. The lowest BCUT2D eigenvalue weighted by Gasteiger charge is -2.04. The highest BCUT2D eigenvalue weighted by Crippen LogP contribution is 2.14. The lowest BCUT2D eigenvalue weighted by Crippen LogP contribution is -2.14. The topological polar surface area (TPSA) is 83.1 Å². The molecular weight excluding hydrogens is 244 g/mol. The maximum Gasteiger partial charge on any atom is 0.350 e. The number of hydrogen-bond donors (Lipinski definition) is 0. The molecule has 0 amide bonds. The molecule has 5 heteroatoms. The van der Waals surface area contributed by atoms with E-state index in [1.54, 1.807) is 43.5 Å². The van der Waals surface area contributed by atoms with Crippen LogP contribution in [0.5, 0.6) is 5.75 Å². The molecule has 0 unspecified atom stereocenters. The Morgan fingerprint density at radius 3 is 2.42 bits per heavy atom. The van der Waals surface area contributed by atoms with Gasteiger partial charge in [0.05, 0.1) is 7.11 Å². The lowest BCUT2D eigenvalue weighted by molar-refractivity contribution is -0.140. The van der Waals surface area contributed by atoms with Gasteiger partial charge in [0.15, 0.2) is 6.10 Å². The third kappa shape index (κ3) is 4.18. The minimum absolute atomic E-state index is 0.160. The van der Waals surface area contributed by atoms with Crippen molar-refractivity contribution in [3.63, 3.8) is 0 Å². The van der Waals surface area contributed by atoms with Crippen LogP contribution < -0.4 is 4.74 Å². The minimum atomic E-state index is -0.889. The van der Waals surface area contributed by atoms with Crippen molar-refractivity contribution in [3.05, 3.63) is 35.4 Å². The van der Waals surface area contributed by atoms with E-state index in [-0.39, 0.29) is 5.57 Å². The van der Waals surface area contributed by atoms with E-state index < -0.39 is 12.1 Å². The molecule has 0 saturated carbocycles. The summed E-state index contributed by atoms with van der Waals surface area (Å²) in [6.45, 7) is 1.43. The lowest BCUT2D eigenvalue weighted by atomic mass is 10.1. The molecule has 0 aliphatic heterocycles. The summed E-state index contributed by atoms with van der Waals surface area (Å²) < 4.78 is 9.76. The van der Waals surface area contributed by atoms with Gasteiger partial charge in [-0.15, -0.1) is 0 Å². The van der Waals surface area contributed by atoms with E-state index in [2.05, 4.69) is 0 Å². The highest BCUT2D eigenvalue weighted by Gasteiger charge is 2.14. The summed E-state index contributed by atoms with van der Waals surface area (Å²) in [5.74, 6) is -0.135. The van der Waals surface area contributed by atoms with Gasteiger partial charge in [0.25, 0.3) is 0 Å². The van der Waals surface area contributed by atoms with Crippen molar-refractivity contribution in [1.29, 1.82) is 10.5 Å². The Labute approximate surface area is 111 Å². The van der Waals surface area contributed by atoms with Crippen LogP contribution in [-0.2, 0) is 9.53 Å². The molecule has 1 aromatic rings. The molecule has 0 saturated heterocycles. The Morgan fingerprint density at radius 1 is 1.32 bits per heavy atom. The third-order valence-corrected chi connectivity index (χ3v) is 2.23. The number of nitriles is 2. The van der Waals surface area contributed by atoms with Gasteiger partial charge in [-0.3, -0.25) is 0 Å². The first kappa shape index (κ1) is 14.3. The van der Waals surface area contributed by atoms with E-state index >= 15 is 0 Å². The van der Waals surface area contributed by atoms with Crippen molar-refractivity contribution >= 4 is 12.0 Å². The third-order valence-electron chi connectivity index (χ3n) is 2.23. The average Bonchev–Trinajstić information content (AvgIpc) is 2.44. The quantitative estimate of drug-likeness (QED) is 0.467. The van der Waals surface area contributed by atoms with E-state index in [9.17, 15) is 4.79 Å². The largest absolute Gasteiger partial charge is 0.497 e. The molecule has 1 rings (SSSR count). The molecule has 96 valence electrons. The molecule has 0 heterocycles. The van der Waals surface area contributed by atoms with Crippen LogP contribution in [0.2, 0.25) is 0 Å². The molecule has 0 bridgehead atoms. The summed E-state index contributed by atoms with van der Waals surface area (Å²) in [6.07, 6.45) is 0.506. The van der Waals surface area contributed by atoms with Crippen LogP contribution in [0.1, 0.15) is 12.5 Å². The van der Waals surface area contributed by atoms with E-state index in [0.717, 1.165) is 0 Å². The molecule has 0 aliphatic carbocycles. The van der Waals surface area contributed by atoms with Crippen LogP contribution in [0.15, 0.2) is 29.8 Å². The van der Waals surface area contributed by atoms with Crippen LogP contribution in [0.25, 0.3) is 6.08 Å². The summed E-state index contributed by atoms with van der Waals surface area (Å²) in [5.41, 5.74) is 0.506. The zero-order valence-corrected chi connectivity index (χ0v) is 10.6. The number of rotatable bonds is 4. The van der Waals surface area contributed by atoms with Gasteiger partial charge in [0, 0.05) is 0 Å². The Balaban J connectivity index is 2.90. The first-order chi connectivity index (χ1) is 9.10. The number of benzene rings is 1. The first-order valence-corrected chi connectivity index (χ1v) is 5.47. The smallest absolute Gasteiger partial charge is 0.350 e. The zero-order chi connectivity index (χ0) is 14.3. The van der Waals surface area contributed by atoms with Gasteiger partial charge in [-0.25, -0.2) is 4.79 Å². The monoisotopic (exact) mass is 256 g/mol. The first-order valence-electron chi connectivity index (χ1n) is 5.47. The fourth-order valence-electron chi connectivity index (χ4n) is 1.25. The molecule has 1 atom stereocenters. The molecule has 1 aromatic carbocycles. The van der Waals surface area contributed by atoms with E-state index in [4.69, 9.17) is 20.0 Å². The number of ether oxygens (including phenoxy) is 2. The fourth-order valence-corrected chi connectivity index (χ4v) is 1.25. The van der Waals surface area contributed by atoms with Crippen molar-refractivity contribution in [3.8, 4) is 17.9 Å². The molecular formula is C14H12N2O3. The summed E-state index contributed by atoms with van der Waals surface area (Å²) in [4.78, 5) is 11.6. The van der Waals surface area contributed by atoms with Crippen LogP contribution in [-0.4, -0.2) is 19.2 Å². The van der Waals surface area contributed by atoms with Gasteiger partial charge in [-0.2, -0.15) is 10.5 Å². The number of hydrogen-bond acceptors (Lipinski definition) is 5. The summed E-state index contributed by atoms with van der Waals surface area (Å²) in [7, 11) is 1.55. The predicted octanol–water partition coefficient (Wildman–Crippen LogP) is 2.06. The summed E-state index contributed by atoms with van der Waals surface area (Å²) in [6, 6.07) is 10.3. The Kier molecular flexibility index (Phi) is 5.13. The standard InChI is InChI=1S/C14H12N2O3/c1-10(8-15)19-14(17)12(9-16)7-11-3-5-13(18-2)6-4-11/h3-7,10H,1-2H3/b12-7+/t10-/m0/s1. The zero-order valence-electron chi connectivity index (χ0n) is 10.6. The molecule has 0 spiro atoms. The van der Waals surface area contributed by atoms with Crippen molar-refractivity contribution in [2.75, 3.05) is 7.11 Å². The van der Waals surface area contributed by atoms with Gasteiger partial charge < -0.3 is 9.47 Å². The Bertz CT molecular complexity index is 562. The van der Waals surface area contributed by atoms with Crippen molar-refractivity contribution in [2.45, 2.75) is 13.0 Å². The molecule has 0 fully saturated rings. The second-order valence-electron chi connectivity index (χ2n) is 3.62. The van der Waals surface area contributed by atoms with Gasteiger partial charge in [-0.05, 0) is 30.7 Å². The van der Waals surface area contributed by atoms with Gasteiger partial charge in [-0.1, -0.05) is 12.1 Å². The van der Waals surface area contributed by atoms with E-state index in [1.807, 2.05) is 0 Å². The Hall–Kier alpha value is -2.79. The number of carbonyl (C=O) groups excluding carboxylic acids is 1. The highest BCUT2D eigenvalue weighted by atomic mass is 16.5. The van der Waals surface area contributed by atoms with Gasteiger partial charge in [0.2, 0.25) is 0 Å². The van der Waals surface area contributed by atoms with Gasteiger partial charge in [0.1, 0.15) is 23.5 Å². The van der Waals surface area contributed by atoms with Crippen molar-refractivity contribution in [2.24, 2.45) is 0 Å². The SMILES string of the molecule is COc1ccc(/C=C(\C#N)C(=O)O[C@@H](C)C#N)cc1. The van der Waals surface area contributed by atoms with Crippen molar-refractivity contribution < 1.29 is 14.3 Å². The molecule has 19 heavy (non-hydrogen) atoms. The number of carbonyl (C=O) groups is 1. The second kappa shape index (κ2) is 6.83. The molecule has 0 aromatic heterocycles. The number of esters is 1. The van der Waals surface area contributed by atoms with E-state index in [0.29, 0.717) is 11.3 Å². The fraction of sp³-hybridized carbons (Fsp3) is 0.214. The predicted molar refractivity (Wildman–Crippen MR) is 67.8 cm³/mol. The molecule has 5 nitrogen and oxygen atoms in total. The molecule has 0 N–H and O–H groups in total. The summed E-state index contributed by atoms with van der Waals surface area (Å²) in [5, 5.41) is 17.5. The van der Waals surface area contributed by atoms with Crippen LogP contribution in [0.4, 0.5) is 0 Å². The average molecular weight is 256 g/mol. The van der Waals surface area contributed by atoms with E-state index in [1.165, 1.54) is 13.0 Å². The second-order valence-corrected chi connectivity index (χ2v) is 3.62. The minimum Gasteiger partial charge on any atom is -0.497 e. The van der Waals surface area contributed by atoms with Gasteiger partial charge >= 0.3 is 5.97 Å².